The molecule has 0 aliphatic heterocycles. The zero-order valence-electron chi connectivity index (χ0n) is 7.84. The Hall–Kier alpha value is -0.300. The molecule has 0 aromatic heterocycles. The number of hydrogen-bond acceptors (Lipinski definition) is 1. The number of rotatable bonds is 6. The Morgan fingerprint density at radius 1 is 1.36 bits per heavy atom. The maximum absolute atomic E-state index is 5.87. The molecular formula is C10H21N. The summed E-state index contributed by atoms with van der Waals surface area (Å²) in [5.41, 5.74) is 5.87. The largest absolute Gasteiger partial charge is 0.327 e. The molecule has 0 saturated carbocycles. The van der Waals surface area contributed by atoms with Crippen molar-refractivity contribution in [3.8, 4) is 0 Å². The van der Waals surface area contributed by atoms with Gasteiger partial charge in [-0.3, -0.25) is 0 Å². The minimum Gasteiger partial charge on any atom is -0.327 e. The van der Waals surface area contributed by atoms with E-state index in [1.54, 1.807) is 0 Å². The van der Waals surface area contributed by atoms with Gasteiger partial charge in [-0.2, -0.15) is 0 Å². The van der Waals surface area contributed by atoms with E-state index in [4.69, 9.17) is 5.73 Å². The molecule has 1 heteroatoms. The normalized spacial score (nSPS) is 13.5. The minimum atomic E-state index is 0.389. The van der Waals surface area contributed by atoms with Crippen LogP contribution in [0.25, 0.3) is 0 Å². The lowest BCUT2D eigenvalue weighted by Crippen LogP contribution is -2.25. The first-order chi connectivity index (χ1) is 5.18. The van der Waals surface area contributed by atoms with Gasteiger partial charge in [-0.1, -0.05) is 26.3 Å². The first kappa shape index (κ1) is 10.7. The van der Waals surface area contributed by atoms with E-state index in [-0.39, 0.29) is 0 Å². The Bertz CT molecular complexity index is 97.0. The SMILES string of the molecule is C=CCCCCC(N)C(C)C. The molecule has 11 heavy (non-hydrogen) atoms. The van der Waals surface area contributed by atoms with E-state index in [1.165, 1.54) is 12.8 Å². The molecule has 0 fully saturated rings. The molecule has 0 amide bonds. The van der Waals surface area contributed by atoms with Gasteiger partial charge in [-0.15, -0.1) is 6.58 Å². The lowest BCUT2D eigenvalue weighted by molar-refractivity contribution is 0.446. The van der Waals surface area contributed by atoms with Crippen molar-refractivity contribution in [2.45, 2.75) is 45.6 Å². The molecule has 1 unspecified atom stereocenters. The Morgan fingerprint density at radius 3 is 2.45 bits per heavy atom. The van der Waals surface area contributed by atoms with Crippen LogP contribution in [0.2, 0.25) is 0 Å². The summed E-state index contributed by atoms with van der Waals surface area (Å²) in [4.78, 5) is 0. The van der Waals surface area contributed by atoms with Crippen LogP contribution in [-0.4, -0.2) is 6.04 Å². The molecule has 0 aliphatic carbocycles. The molecule has 1 atom stereocenters. The summed E-state index contributed by atoms with van der Waals surface area (Å²) < 4.78 is 0. The number of hydrogen-bond donors (Lipinski definition) is 1. The molecule has 0 aromatic carbocycles. The first-order valence-electron chi connectivity index (χ1n) is 4.55. The van der Waals surface area contributed by atoms with E-state index in [2.05, 4.69) is 20.4 Å². The molecule has 2 N–H and O–H groups in total. The zero-order chi connectivity index (χ0) is 8.69. The molecule has 0 aliphatic rings. The van der Waals surface area contributed by atoms with Crippen LogP contribution in [0.5, 0.6) is 0 Å². The van der Waals surface area contributed by atoms with Gasteiger partial charge in [0.05, 0.1) is 0 Å². The fourth-order valence-corrected chi connectivity index (χ4v) is 1.00. The highest BCUT2D eigenvalue weighted by Gasteiger charge is 2.05. The van der Waals surface area contributed by atoms with Crippen LogP contribution >= 0.6 is 0 Å². The van der Waals surface area contributed by atoms with Crippen LogP contribution in [0.1, 0.15) is 39.5 Å². The van der Waals surface area contributed by atoms with E-state index in [0.29, 0.717) is 12.0 Å². The van der Waals surface area contributed by atoms with Gasteiger partial charge in [0.2, 0.25) is 0 Å². The number of nitrogens with two attached hydrogens (primary N) is 1. The summed E-state index contributed by atoms with van der Waals surface area (Å²) in [6, 6.07) is 0.389. The summed E-state index contributed by atoms with van der Waals surface area (Å²) >= 11 is 0. The Labute approximate surface area is 70.7 Å². The molecule has 0 bridgehead atoms. The molecule has 0 heterocycles. The molecule has 0 rings (SSSR count). The second-order valence-electron chi connectivity index (χ2n) is 3.48. The summed E-state index contributed by atoms with van der Waals surface area (Å²) in [5.74, 6) is 0.624. The Balaban J connectivity index is 3.17. The molecule has 0 spiro atoms. The Kier molecular flexibility index (Phi) is 6.24. The molecule has 0 radical (unpaired) electrons. The summed E-state index contributed by atoms with van der Waals surface area (Å²) in [5, 5.41) is 0. The smallest absolute Gasteiger partial charge is 0.00618 e. The van der Waals surface area contributed by atoms with Gasteiger partial charge in [0.15, 0.2) is 0 Å². The van der Waals surface area contributed by atoms with Crippen LogP contribution in [0.15, 0.2) is 12.7 Å². The molecule has 0 saturated heterocycles. The van der Waals surface area contributed by atoms with Gasteiger partial charge in [0.1, 0.15) is 0 Å². The van der Waals surface area contributed by atoms with E-state index in [0.717, 1.165) is 12.8 Å². The van der Waals surface area contributed by atoms with Crippen LogP contribution in [0.3, 0.4) is 0 Å². The highest BCUT2D eigenvalue weighted by Crippen LogP contribution is 2.08. The van der Waals surface area contributed by atoms with Crippen molar-refractivity contribution >= 4 is 0 Å². The predicted octanol–water partition coefficient (Wildman–Crippen LogP) is 2.72. The van der Waals surface area contributed by atoms with E-state index < -0.39 is 0 Å². The van der Waals surface area contributed by atoms with Crippen molar-refractivity contribution in [1.82, 2.24) is 0 Å². The van der Waals surface area contributed by atoms with Crippen molar-refractivity contribution in [3.05, 3.63) is 12.7 Å². The Morgan fingerprint density at radius 2 is 2.00 bits per heavy atom. The maximum atomic E-state index is 5.87. The predicted molar refractivity (Wildman–Crippen MR) is 51.5 cm³/mol. The maximum Gasteiger partial charge on any atom is 0.00618 e. The van der Waals surface area contributed by atoms with Crippen LogP contribution in [0, 0.1) is 5.92 Å². The zero-order valence-corrected chi connectivity index (χ0v) is 7.84. The van der Waals surface area contributed by atoms with E-state index >= 15 is 0 Å². The summed E-state index contributed by atoms with van der Waals surface area (Å²) in [6.07, 6.45) is 6.74. The average molecular weight is 155 g/mol. The van der Waals surface area contributed by atoms with Crippen molar-refractivity contribution in [3.63, 3.8) is 0 Å². The fourth-order valence-electron chi connectivity index (χ4n) is 1.00. The van der Waals surface area contributed by atoms with Gasteiger partial charge < -0.3 is 5.73 Å². The topological polar surface area (TPSA) is 26.0 Å². The van der Waals surface area contributed by atoms with Crippen LogP contribution < -0.4 is 5.73 Å². The van der Waals surface area contributed by atoms with Gasteiger partial charge in [-0.25, -0.2) is 0 Å². The second kappa shape index (κ2) is 6.41. The van der Waals surface area contributed by atoms with Gasteiger partial charge in [0.25, 0.3) is 0 Å². The molecule has 1 nitrogen and oxygen atoms in total. The van der Waals surface area contributed by atoms with Gasteiger partial charge >= 0.3 is 0 Å². The monoisotopic (exact) mass is 155 g/mol. The lowest BCUT2D eigenvalue weighted by Gasteiger charge is -2.14. The first-order valence-corrected chi connectivity index (χ1v) is 4.55. The van der Waals surface area contributed by atoms with Crippen molar-refractivity contribution < 1.29 is 0 Å². The lowest BCUT2D eigenvalue weighted by atomic mass is 9.99. The van der Waals surface area contributed by atoms with Crippen molar-refractivity contribution in [2.75, 3.05) is 0 Å². The molecular weight excluding hydrogens is 134 g/mol. The number of unbranched alkanes of at least 4 members (excludes halogenated alkanes) is 2. The standard InChI is InChI=1S/C10H21N/c1-4-5-6-7-8-10(11)9(2)3/h4,9-10H,1,5-8,11H2,2-3H3. The highest BCUT2D eigenvalue weighted by molar-refractivity contribution is 4.68. The fraction of sp³-hybridized carbons (Fsp3) is 0.800. The summed E-state index contributed by atoms with van der Waals surface area (Å²) in [7, 11) is 0. The quantitative estimate of drug-likeness (QED) is 0.463. The third-order valence-electron chi connectivity index (χ3n) is 2.05. The van der Waals surface area contributed by atoms with Gasteiger partial charge in [0, 0.05) is 6.04 Å². The van der Waals surface area contributed by atoms with Crippen molar-refractivity contribution in [2.24, 2.45) is 11.7 Å². The van der Waals surface area contributed by atoms with Crippen molar-refractivity contribution in [1.29, 1.82) is 0 Å². The third kappa shape index (κ3) is 6.11. The average Bonchev–Trinajstić information content (AvgIpc) is 1.97. The molecule has 0 aromatic rings. The van der Waals surface area contributed by atoms with E-state index in [1.807, 2.05) is 6.08 Å². The summed E-state index contributed by atoms with van der Waals surface area (Å²) in [6.45, 7) is 8.04. The van der Waals surface area contributed by atoms with Gasteiger partial charge in [-0.05, 0) is 25.2 Å². The van der Waals surface area contributed by atoms with E-state index in [9.17, 15) is 0 Å². The molecule has 66 valence electrons. The van der Waals surface area contributed by atoms with Crippen LogP contribution in [0.4, 0.5) is 0 Å². The minimum absolute atomic E-state index is 0.389. The third-order valence-corrected chi connectivity index (χ3v) is 2.05. The second-order valence-corrected chi connectivity index (χ2v) is 3.48. The highest BCUT2D eigenvalue weighted by atomic mass is 14.6. The van der Waals surface area contributed by atoms with Crippen LogP contribution in [-0.2, 0) is 0 Å². The number of allylic oxidation sites excluding steroid dienone is 1.